The number of primary amides is 1. The van der Waals surface area contributed by atoms with E-state index in [-0.39, 0.29) is 6.04 Å². The molecule has 0 aromatic carbocycles. The summed E-state index contributed by atoms with van der Waals surface area (Å²) in [7, 11) is 1.62. The van der Waals surface area contributed by atoms with Gasteiger partial charge in [-0.2, -0.15) is 18.3 Å². The number of halogens is 3. The van der Waals surface area contributed by atoms with E-state index < -0.39 is 23.3 Å². The Bertz CT molecular complexity index is 485. The monoisotopic (exact) mass is 276 g/mol. The molecule has 1 aromatic heterocycles. The number of likely N-dealkylation sites (N-methyl/N-ethyl adjacent to an activating group) is 1. The molecule has 1 aliphatic rings. The number of nitrogens with zero attached hydrogens (tertiary/aromatic N) is 2. The van der Waals surface area contributed by atoms with Gasteiger partial charge in [0, 0.05) is 6.20 Å². The van der Waals surface area contributed by atoms with Gasteiger partial charge in [0.15, 0.2) is 5.69 Å². The van der Waals surface area contributed by atoms with Crippen LogP contribution < -0.4 is 11.1 Å². The number of amides is 1. The Labute approximate surface area is 108 Å². The minimum Gasteiger partial charge on any atom is -0.368 e. The van der Waals surface area contributed by atoms with Gasteiger partial charge < -0.3 is 11.1 Å². The number of rotatable bonds is 3. The summed E-state index contributed by atoms with van der Waals surface area (Å²) < 4.78 is 38.7. The van der Waals surface area contributed by atoms with Crippen LogP contribution in [0.5, 0.6) is 0 Å². The molecule has 8 heteroatoms. The molecule has 1 aliphatic carbocycles. The quantitative estimate of drug-likeness (QED) is 0.867. The van der Waals surface area contributed by atoms with Crippen molar-refractivity contribution in [1.29, 1.82) is 0 Å². The van der Waals surface area contributed by atoms with Gasteiger partial charge in [-0.25, -0.2) is 0 Å². The lowest BCUT2D eigenvalue weighted by atomic mass is 9.97. The van der Waals surface area contributed by atoms with E-state index in [1.807, 2.05) is 0 Å². The molecule has 0 saturated heterocycles. The summed E-state index contributed by atoms with van der Waals surface area (Å²) in [4.78, 5) is 11.4. The van der Waals surface area contributed by atoms with E-state index in [1.165, 1.54) is 10.9 Å². The van der Waals surface area contributed by atoms with E-state index in [4.69, 9.17) is 5.73 Å². The average molecular weight is 276 g/mol. The smallest absolute Gasteiger partial charge is 0.368 e. The normalized spacial score (nSPS) is 27.7. The topological polar surface area (TPSA) is 72.9 Å². The highest BCUT2D eigenvalue weighted by Crippen LogP contribution is 2.38. The first kappa shape index (κ1) is 13.9. The second-order valence-corrected chi connectivity index (χ2v) is 4.77. The summed E-state index contributed by atoms with van der Waals surface area (Å²) in [6.07, 6.45) is -1.76. The zero-order valence-corrected chi connectivity index (χ0v) is 10.4. The standard InChI is InChI=1S/C11H15F3N4O/c1-16-10(9(15)19)4-2-7(6-10)18-5-3-8(17-18)11(12,13)14/h3,5,7,16H,2,4,6H2,1H3,(H2,15,19). The fourth-order valence-corrected chi connectivity index (χ4v) is 2.51. The summed E-state index contributed by atoms with van der Waals surface area (Å²) in [6, 6.07) is 0.681. The third-order valence-corrected chi connectivity index (χ3v) is 3.71. The molecule has 1 heterocycles. The molecule has 0 bridgehead atoms. The summed E-state index contributed by atoms with van der Waals surface area (Å²) in [5.41, 5.74) is 3.57. The van der Waals surface area contributed by atoms with Crippen LogP contribution in [0.3, 0.4) is 0 Å². The molecule has 2 unspecified atom stereocenters. The number of hydrogen-bond acceptors (Lipinski definition) is 3. The van der Waals surface area contributed by atoms with Crippen molar-refractivity contribution in [2.75, 3.05) is 7.05 Å². The van der Waals surface area contributed by atoms with Crippen molar-refractivity contribution in [2.24, 2.45) is 5.73 Å². The highest BCUT2D eigenvalue weighted by atomic mass is 19.4. The van der Waals surface area contributed by atoms with Gasteiger partial charge in [-0.15, -0.1) is 0 Å². The van der Waals surface area contributed by atoms with E-state index in [0.29, 0.717) is 19.3 Å². The molecule has 1 aromatic rings. The van der Waals surface area contributed by atoms with Crippen LogP contribution in [0.25, 0.3) is 0 Å². The number of aromatic nitrogens is 2. The molecule has 5 nitrogen and oxygen atoms in total. The van der Waals surface area contributed by atoms with Crippen LogP contribution in [-0.2, 0) is 11.0 Å². The van der Waals surface area contributed by atoms with Crippen molar-refractivity contribution in [3.05, 3.63) is 18.0 Å². The van der Waals surface area contributed by atoms with Crippen molar-refractivity contribution in [1.82, 2.24) is 15.1 Å². The van der Waals surface area contributed by atoms with Crippen molar-refractivity contribution in [2.45, 2.75) is 37.0 Å². The van der Waals surface area contributed by atoms with Gasteiger partial charge in [0.25, 0.3) is 0 Å². The van der Waals surface area contributed by atoms with E-state index in [1.54, 1.807) is 7.05 Å². The predicted molar refractivity (Wildman–Crippen MR) is 61.1 cm³/mol. The van der Waals surface area contributed by atoms with Crippen molar-refractivity contribution in [3.8, 4) is 0 Å². The number of carbonyl (C=O) groups excluding carboxylic acids is 1. The SMILES string of the molecule is CNC1(C(N)=O)CCC(n2ccc(C(F)(F)F)n2)C1. The van der Waals surface area contributed by atoms with Crippen molar-refractivity contribution < 1.29 is 18.0 Å². The lowest BCUT2D eigenvalue weighted by Crippen LogP contribution is -2.52. The lowest BCUT2D eigenvalue weighted by molar-refractivity contribution is -0.141. The molecule has 3 N–H and O–H groups in total. The zero-order valence-electron chi connectivity index (χ0n) is 10.4. The summed E-state index contributed by atoms with van der Waals surface area (Å²) in [6.45, 7) is 0. The summed E-state index contributed by atoms with van der Waals surface area (Å²) in [5.74, 6) is -0.485. The number of nitrogens with two attached hydrogens (primary N) is 1. The zero-order chi connectivity index (χ0) is 14.3. The molecule has 1 amide bonds. The van der Waals surface area contributed by atoms with Gasteiger partial charge in [-0.05, 0) is 32.4 Å². The number of nitrogens with one attached hydrogen (secondary N) is 1. The van der Waals surface area contributed by atoms with E-state index in [2.05, 4.69) is 10.4 Å². The van der Waals surface area contributed by atoms with E-state index in [0.717, 1.165) is 6.07 Å². The Morgan fingerprint density at radius 1 is 1.63 bits per heavy atom. The molecule has 19 heavy (non-hydrogen) atoms. The summed E-state index contributed by atoms with van der Waals surface area (Å²) >= 11 is 0. The van der Waals surface area contributed by atoms with Crippen LogP contribution in [0.15, 0.2) is 12.3 Å². The van der Waals surface area contributed by atoms with Gasteiger partial charge in [0.2, 0.25) is 5.91 Å². The third-order valence-electron chi connectivity index (χ3n) is 3.71. The second-order valence-electron chi connectivity index (χ2n) is 4.77. The maximum absolute atomic E-state index is 12.5. The van der Waals surface area contributed by atoms with Crippen LogP contribution in [0.4, 0.5) is 13.2 Å². The molecule has 0 aliphatic heterocycles. The minimum absolute atomic E-state index is 0.254. The highest BCUT2D eigenvalue weighted by Gasteiger charge is 2.44. The molecule has 1 fully saturated rings. The Morgan fingerprint density at radius 2 is 2.32 bits per heavy atom. The molecule has 0 spiro atoms. The highest BCUT2D eigenvalue weighted by molar-refractivity contribution is 5.85. The number of hydrogen-bond donors (Lipinski definition) is 2. The fourth-order valence-electron chi connectivity index (χ4n) is 2.51. The molecule has 1 saturated carbocycles. The van der Waals surface area contributed by atoms with E-state index >= 15 is 0 Å². The number of carbonyl (C=O) groups is 1. The maximum atomic E-state index is 12.5. The van der Waals surface area contributed by atoms with Crippen molar-refractivity contribution >= 4 is 5.91 Å². The van der Waals surface area contributed by atoms with Gasteiger partial charge in [-0.3, -0.25) is 9.48 Å². The molecule has 2 atom stereocenters. The van der Waals surface area contributed by atoms with E-state index in [9.17, 15) is 18.0 Å². The Morgan fingerprint density at radius 3 is 2.74 bits per heavy atom. The minimum atomic E-state index is -4.45. The second kappa shape index (κ2) is 4.52. The first-order valence-corrected chi connectivity index (χ1v) is 5.90. The van der Waals surface area contributed by atoms with Gasteiger partial charge in [0.05, 0.1) is 11.6 Å². The Balaban J connectivity index is 2.17. The van der Waals surface area contributed by atoms with Crippen molar-refractivity contribution in [3.63, 3.8) is 0 Å². The lowest BCUT2D eigenvalue weighted by Gasteiger charge is -2.24. The van der Waals surface area contributed by atoms with Gasteiger partial charge in [-0.1, -0.05) is 0 Å². The first-order chi connectivity index (χ1) is 8.78. The van der Waals surface area contributed by atoms with Crippen LogP contribution in [0.1, 0.15) is 31.0 Å². The molecular formula is C11H15F3N4O. The van der Waals surface area contributed by atoms with Crippen LogP contribution >= 0.6 is 0 Å². The summed E-state index contributed by atoms with van der Waals surface area (Å²) in [5, 5.41) is 6.41. The maximum Gasteiger partial charge on any atom is 0.435 e. The van der Waals surface area contributed by atoms with Crippen LogP contribution in [0, 0.1) is 0 Å². The first-order valence-electron chi connectivity index (χ1n) is 5.90. The molecule has 2 rings (SSSR count). The average Bonchev–Trinajstić information content (AvgIpc) is 2.95. The number of alkyl halides is 3. The Kier molecular flexibility index (Phi) is 3.29. The molecule has 0 radical (unpaired) electrons. The van der Waals surface area contributed by atoms with Crippen LogP contribution in [0.2, 0.25) is 0 Å². The van der Waals surface area contributed by atoms with Gasteiger partial charge in [0.1, 0.15) is 0 Å². The Hall–Kier alpha value is -1.57. The van der Waals surface area contributed by atoms with Gasteiger partial charge >= 0.3 is 6.18 Å². The van der Waals surface area contributed by atoms with Crippen LogP contribution in [-0.4, -0.2) is 28.3 Å². The molecule has 106 valence electrons. The molecular weight excluding hydrogens is 261 g/mol. The fraction of sp³-hybridized carbons (Fsp3) is 0.636. The predicted octanol–water partition coefficient (Wildman–Crippen LogP) is 1.07. The third kappa shape index (κ3) is 2.44. The largest absolute Gasteiger partial charge is 0.435 e.